The van der Waals surface area contributed by atoms with E-state index in [4.69, 9.17) is 0 Å². The molecule has 3 aromatic rings. The summed E-state index contributed by atoms with van der Waals surface area (Å²) in [5.74, 6) is 0. The van der Waals surface area contributed by atoms with Gasteiger partial charge in [0.2, 0.25) is 0 Å². The molecule has 0 radical (unpaired) electrons. The van der Waals surface area contributed by atoms with Crippen molar-refractivity contribution in [1.29, 1.82) is 0 Å². The second-order valence-corrected chi connectivity index (χ2v) is 10.5. The molecule has 0 aromatic heterocycles. The van der Waals surface area contributed by atoms with Crippen LogP contribution in [0.1, 0.15) is 26.3 Å². The zero-order chi connectivity index (χ0) is 16.6. The summed E-state index contributed by atoms with van der Waals surface area (Å²) < 4.78 is 16.0. The van der Waals surface area contributed by atoms with Crippen LogP contribution in [0, 0.1) is 0 Å². The summed E-state index contributed by atoms with van der Waals surface area (Å²) in [6.45, 7) is 6.57. The summed E-state index contributed by atoms with van der Waals surface area (Å²) in [5.41, 5.74) is 1.37. The third-order valence-electron chi connectivity index (χ3n) is 3.95. The van der Waals surface area contributed by atoms with Gasteiger partial charge in [0.25, 0.3) is 0 Å². The van der Waals surface area contributed by atoms with E-state index >= 15 is 0 Å². The van der Waals surface area contributed by atoms with Crippen LogP contribution in [0.25, 0.3) is 10.8 Å². The van der Waals surface area contributed by atoms with E-state index in [1.165, 1.54) is 5.56 Å². The van der Waals surface area contributed by atoms with Crippen LogP contribution in [-0.4, -0.2) is 13.8 Å². The van der Waals surface area contributed by atoms with Gasteiger partial charge in [0.1, 0.15) is 0 Å². The van der Waals surface area contributed by atoms with Crippen molar-refractivity contribution in [3.8, 4) is 0 Å². The van der Waals surface area contributed by atoms with E-state index < -0.39 is 13.8 Å². The second kappa shape index (κ2) is 6.31. The molecule has 0 saturated heterocycles. The monoisotopic (exact) mass is 434 g/mol. The van der Waals surface area contributed by atoms with Crippen molar-refractivity contribution in [3.05, 3.63) is 70.7 Å². The topological polar surface area (TPSA) is 17.1 Å². The maximum absolute atomic E-state index is 13.2. The van der Waals surface area contributed by atoms with E-state index in [0.29, 0.717) is 0 Å². The van der Waals surface area contributed by atoms with Crippen LogP contribution in [0.2, 0.25) is 0 Å². The van der Waals surface area contributed by atoms with E-state index in [2.05, 4.69) is 61.0 Å². The van der Waals surface area contributed by atoms with Crippen LogP contribution in [0.3, 0.4) is 0 Å². The zero-order valence-electron chi connectivity index (χ0n) is 13.5. The summed E-state index contributed by atoms with van der Waals surface area (Å²) in [6, 6.07) is 20.4. The first-order chi connectivity index (χ1) is 10.9. The van der Waals surface area contributed by atoms with Crippen molar-refractivity contribution in [2.45, 2.75) is 26.2 Å². The molecule has 0 aliphatic heterocycles. The molecule has 0 saturated carbocycles. The predicted octanol–water partition coefficient (Wildman–Crippen LogP) is 4.44. The molecule has 3 rings (SSSR count). The van der Waals surface area contributed by atoms with E-state index in [-0.39, 0.29) is 5.41 Å². The molecule has 3 aromatic carbocycles. The van der Waals surface area contributed by atoms with E-state index in [9.17, 15) is 3.83 Å². The summed E-state index contributed by atoms with van der Waals surface area (Å²) in [6.07, 6.45) is 0. The Hall–Kier alpha value is -1.28. The van der Waals surface area contributed by atoms with Gasteiger partial charge in [-0.15, -0.1) is 0 Å². The van der Waals surface area contributed by atoms with Gasteiger partial charge in [-0.1, -0.05) is 0 Å². The Labute approximate surface area is 149 Å². The number of hydrogen-bond acceptors (Lipinski definition) is 1. The van der Waals surface area contributed by atoms with Gasteiger partial charge in [0, 0.05) is 0 Å². The summed E-state index contributed by atoms with van der Waals surface area (Å²) >= 11 is 1.31. The third kappa shape index (κ3) is 3.33. The van der Waals surface area contributed by atoms with Crippen molar-refractivity contribution in [2.24, 2.45) is 0 Å². The van der Waals surface area contributed by atoms with Gasteiger partial charge in [-0.05, 0) is 0 Å². The SMILES string of the molecule is CC(C)(C)c1ccc([Se](=O)c2cccc3cccc(Br)c23)cc1. The van der Waals surface area contributed by atoms with Crippen LogP contribution in [-0.2, 0) is 9.25 Å². The van der Waals surface area contributed by atoms with Gasteiger partial charge >= 0.3 is 150 Å². The van der Waals surface area contributed by atoms with Crippen LogP contribution in [0.5, 0.6) is 0 Å². The Kier molecular flexibility index (Phi) is 4.55. The van der Waals surface area contributed by atoms with Gasteiger partial charge in [-0.25, -0.2) is 0 Å². The number of fused-ring (bicyclic) bond motifs is 1. The molecule has 1 nitrogen and oxygen atoms in total. The Morgan fingerprint density at radius 1 is 0.870 bits per heavy atom. The first-order valence-corrected chi connectivity index (χ1v) is 10.8. The van der Waals surface area contributed by atoms with Crippen LogP contribution in [0.15, 0.2) is 65.1 Å². The molecule has 0 fully saturated rings. The fraction of sp³-hybridized carbons (Fsp3) is 0.200. The normalized spacial score (nSPS) is 13.2. The van der Waals surface area contributed by atoms with Crippen molar-refractivity contribution in [1.82, 2.24) is 0 Å². The second-order valence-electron chi connectivity index (χ2n) is 6.64. The van der Waals surface area contributed by atoms with E-state index in [0.717, 1.165) is 24.2 Å². The Bertz CT molecular complexity index is 871. The van der Waals surface area contributed by atoms with Crippen molar-refractivity contribution >= 4 is 49.5 Å². The molecule has 0 amide bonds. The Balaban J connectivity index is 2.08. The Morgan fingerprint density at radius 3 is 2.09 bits per heavy atom. The molecule has 23 heavy (non-hydrogen) atoms. The molecule has 1 unspecified atom stereocenters. The Morgan fingerprint density at radius 2 is 1.48 bits per heavy atom. The van der Waals surface area contributed by atoms with Crippen molar-refractivity contribution in [2.75, 3.05) is 0 Å². The van der Waals surface area contributed by atoms with Gasteiger partial charge in [-0.3, -0.25) is 0 Å². The van der Waals surface area contributed by atoms with Crippen LogP contribution >= 0.6 is 15.9 Å². The molecule has 0 N–H and O–H groups in total. The third-order valence-corrected chi connectivity index (χ3v) is 7.63. The van der Waals surface area contributed by atoms with Crippen molar-refractivity contribution < 1.29 is 3.83 Å². The predicted molar refractivity (Wildman–Crippen MR) is 102 cm³/mol. The van der Waals surface area contributed by atoms with E-state index in [1.807, 2.05) is 36.4 Å². The number of benzene rings is 3. The molecule has 1 atom stereocenters. The van der Waals surface area contributed by atoms with Crippen LogP contribution in [0.4, 0.5) is 0 Å². The number of hydrogen-bond donors (Lipinski definition) is 0. The van der Waals surface area contributed by atoms with Gasteiger partial charge in [0.15, 0.2) is 0 Å². The molecule has 0 bridgehead atoms. The minimum absolute atomic E-state index is 0.110. The molecule has 3 heteroatoms. The zero-order valence-corrected chi connectivity index (χ0v) is 16.8. The summed E-state index contributed by atoms with van der Waals surface area (Å²) in [4.78, 5) is 0. The minimum atomic E-state index is -2.29. The van der Waals surface area contributed by atoms with Gasteiger partial charge in [-0.2, -0.15) is 0 Å². The standard InChI is InChI=1S/C20H19BrOSe/c1-20(2,3)15-10-12-16(13-11-15)23(22)18-9-5-7-14-6-4-8-17(21)19(14)18/h4-13H,1-3H3. The van der Waals surface area contributed by atoms with Gasteiger partial charge in [0.05, 0.1) is 0 Å². The molecule has 0 aliphatic rings. The number of rotatable bonds is 2. The molecule has 0 heterocycles. The average molecular weight is 434 g/mol. The quantitative estimate of drug-likeness (QED) is 0.546. The average Bonchev–Trinajstić information content (AvgIpc) is 2.53. The molecular formula is C20H19BrOSe. The molecular weight excluding hydrogens is 415 g/mol. The number of halogens is 1. The van der Waals surface area contributed by atoms with Crippen LogP contribution < -0.4 is 8.92 Å². The first-order valence-electron chi connectivity index (χ1n) is 7.57. The fourth-order valence-corrected chi connectivity index (χ4v) is 6.14. The molecule has 0 aliphatic carbocycles. The summed E-state index contributed by atoms with van der Waals surface area (Å²) in [7, 11) is 0. The van der Waals surface area contributed by atoms with Crippen molar-refractivity contribution in [3.63, 3.8) is 0 Å². The molecule has 0 spiro atoms. The summed E-state index contributed by atoms with van der Waals surface area (Å²) in [5, 5.41) is 2.18. The molecule has 118 valence electrons. The first kappa shape index (κ1) is 16.6. The maximum atomic E-state index is 13.2. The van der Waals surface area contributed by atoms with E-state index in [1.54, 1.807) is 0 Å². The fourth-order valence-electron chi connectivity index (χ4n) is 2.62. The van der Waals surface area contributed by atoms with Gasteiger partial charge < -0.3 is 0 Å².